The van der Waals surface area contributed by atoms with Crippen molar-refractivity contribution in [3.63, 3.8) is 0 Å². The molecule has 0 radical (unpaired) electrons. The zero-order valence-corrected chi connectivity index (χ0v) is 9.40. The quantitative estimate of drug-likeness (QED) is 0.526. The van der Waals surface area contributed by atoms with E-state index < -0.39 is 7.12 Å². The molecule has 0 aliphatic heterocycles. The Kier molecular flexibility index (Phi) is 2.77. The van der Waals surface area contributed by atoms with Crippen LogP contribution in [-0.4, -0.2) is 17.2 Å². The van der Waals surface area contributed by atoms with Crippen molar-refractivity contribution in [3.05, 3.63) is 22.5 Å². The fourth-order valence-corrected chi connectivity index (χ4v) is 3.16. The highest BCUT2D eigenvalue weighted by Crippen LogP contribution is 2.33. The molecule has 0 unspecified atom stereocenters. The van der Waals surface area contributed by atoms with Gasteiger partial charge in [-0.25, -0.2) is 0 Å². The SMILES string of the molecule is OB(O)c1ccc(Cl)c2c(S)csc12. The van der Waals surface area contributed by atoms with E-state index in [4.69, 9.17) is 21.6 Å². The minimum absolute atomic E-state index is 0.467. The van der Waals surface area contributed by atoms with E-state index in [0.717, 1.165) is 15.0 Å². The van der Waals surface area contributed by atoms with Crippen molar-refractivity contribution in [2.24, 2.45) is 0 Å². The molecule has 1 aromatic heterocycles. The Labute approximate surface area is 95.7 Å². The van der Waals surface area contributed by atoms with Crippen LogP contribution in [0.4, 0.5) is 0 Å². The minimum atomic E-state index is -1.47. The molecular weight excluding hydrogens is 238 g/mol. The summed E-state index contributed by atoms with van der Waals surface area (Å²) in [7, 11) is -1.47. The summed E-state index contributed by atoms with van der Waals surface area (Å²) in [5.41, 5.74) is 0.467. The third kappa shape index (κ3) is 1.55. The Morgan fingerprint density at radius 1 is 1.36 bits per heavy atom. The Morgan fingerprint density at radius 2 is 2.07 bits per heavy atom. The summed E-state index contributed by atoms with van der Waals surface area (Å²) in [6.07, 6.45) is 0. The molecule has 72 valence electrons. The molecule has 6 heteroatoms. The van der Waals surface area contributed by atoms with Crippen LogP contribution >= 0.6 is 35.6 Å². The second kappa shape index (κ2) is 3.75. The molecule has 0 atom stereocenters. The number of hydrogen-bond donors (Lipinski definition) is 3. The van der Waals surface area contributed by atoms with Crippen LogP contribution in [0, 0.1) is 0 Å². The van der Waals surface area contributed by atoms with Gasteiger partial charge in [-0.1, -0.05) is 17.7 Å². The van der Waals surface area contributed by atoms with Crippen molar-refractivity contribution in [1.82, 2.24) is 0 Å². The van der Waals surface area contributed by atoms with Crippen molar-refractivity contribution < 1.29 is 10.0 Å². The lowest BCUT2D eigenvalue weighted by Crippen LogP contribution is -2.29. The molecule has 0 fully saturated rings. The first-order valence-corrected chi connectivity index (χ1v) is 5.56. The van der Waals surface area contributed by atoms with E-state index in [9.17, 15) is 0 Å². The Bertz CT molecular complexity index is 483. The predicted molar refractivity (Wildman–Crippen MR) is 63.9 cm³/mol. The second-order valence-electron chi connectivity index (χ2n) is 2.84. The smallest absolute Gasteiger partial charge is 0.423 e. The van der Waals surface area contributed by atoms with Gasteiger partial charge in [0.25, 0.3) is 0 Å². The average Bonchev–Trinajstić information content (AvgIpc) is 2.49. The van der Waals surface area contributed by atoms with E-state index in [1.54, 1.807) is 12.1 Å². The summed E-state index contributed by atoms with van der Waals surface area (Å²) in [4.78, 5) is 0.762. The van der Waals surface area contributed by atoms with Crippen LogP contribution in [0.1, 0.15) is 0 Å². The monoisotopic (exact) mass is 244 g/mol. The van der Waals surface area contributed by atoms with Gasteiger partial charge < -0.3 is 10.0 Å². The molecule has 2 aromatic rings. The number of rotatable bonds is 1. The third-order valence-corrected chi connectivity index (χ3v) is 3.83. The molecule has 1 aromatic carbocycles. The average molecular weight is 245 g/mol. The molecule has 2 rings (SSSR count). The molecule has 2 nitrogen and oxygen atoms in total. The van der Waals surface area contributed by atoms with Gasteiger partial charge in [-0.05, 0) is 6.07 Å². The molecule has 0 bridgehead atoms. The van der Waals surface area contributed by atoms with E-state index in [0.29, 0.717) is 10.5 Å². The van der Waals surface area contributed by atoms with Crippen LogP contribution in [0.3, 0.4) is 0 Å². The number of hydrogen-bond acceptors (Lipinski definition) is 4. The summed E-state index contributed by atoms with van der Waals surface area (Å²) < 4.78 is 0.775. The number of halogens is 1. The van der Waals surface area contributed by atoms with Crippen molar-refractivity contribution >= 4 is 58.2 Å². The van der Waals surface area contributed by atoms with Gasteiger partial charge in [0.05, 0.1) is 5.02 Å². The van der Waals surface area contributed by atoms with Crippen LogP contribution in [0.5, 0.6) is 0 Å². The number of thiophene rings is 1. The highest BCUT2D eigenvalue weighted by molar-refractivity contribution is 7.80. The first-order chi connectivity index (χ1) is 6.61. The van der Waals surface area contributed by atoms with E-state index in [2.05, 4.69) is 12.6 Å². The maximum Gasteiger partial charge on any atom is 0.489 e. The Balaban J connectivity index is 2.83. The summed E-state index contributed by atoms with van der Waals surface area (Å²) in [5, 5.41) is 21.4. The standard InChI is InChI=1S/C8H6BClO2S2/c10-5-2-1-4(9(11)12)8-7(5)6(13)3-14-8/h1-3,11-13H. The molecule has 2 N–H and O–H groups in total. The lowest BCUT2D eigenvalue weighted by molar-refractivity contribution is 0.426. The van der Waals surface area contributed by atoms with Crippen LogP contribution < -0.4 is 5.46 Å². The maximum atomic E-state index is 9.12. The molecule has 14 heavy (non-hydrogen) atoms. The molecule has 0 aliphatic rings. The molecule has 0 spiro atoms. The van der Waals surface area contributed by atoms with Crippen LogP contribution in [-0.2, 0) is 0 Å². The lowest BCUT2D eigenvalue weighted by atomic mass is 9.80. The largest absolute Gasteiger partial charge is 0.489 e. The molecule has 1 heterocycles. The van der Waals surface area contributed by atoms with E-state index in [-0.39, 0.29) is 0 Å². The Morgan fingerprint density at radius 3 is 2.71 bits per heavy atom. The van der Waals surface area contributed by atoms with Gasteiger partial charge in [-0.3, -0.25) is 0 Å². The fraction of sp³-hybridized carbons (Fsp3) is 0. The molecule has 0 amide bonds. The summed E-state index contributed by atoms with van der Waals surface area (Å²) in [5.74, 6) is 0. The first kappa shape index (κ1) is 10.3. The fourth-order valence-electron chi connectivity index (χ4n) is 1.32. The predicted octanol–water partition coefficient (Wildman–Crippen LogP) is 1.52. The Hall–Kier alpha value is -0.195. The van der Waals surface area contributed by atoms with Crippen molar-refractivity contribution in [1.29, 1.82) is 0 Å². The molecule has 0 saturated carbocycles. The van der Waals surface area contributed by atoms with Gasteiger partial charge in [0.15, 0.2) is 0 Å². The zero-order chi connectivity index (χ0) is 10.3. The lowest BCUT2D eigenvalue weighted by Gasteiger charge is -2.02. The van der Waals surface area contributed by atoms with Gasteiger partial charge in [0, 0.05) is 25.8 Å². The first-order valence-electron chi connectivity index (χ1n) is 3.86. The number of thiol groups is 1. The van der Waals surface area contributed by atoms with Crippen LogP contribution in [0.25, 0.3) is 10.1 Å². The van der Waals surface area contributed by atoms with Gasteiger partial charge in [0.1, 0.15) is 0 Å². The minimum Gasteiger partial charge on any atom is -0.423 e. The van der Waals surface area contributed by atoms with Gasteiger partial charge >= 0.3 is 7.12 Å². The summed E-state index contributed by atoms with van der Waals surface area (Å²) >= 11 is 11.6. The van der Waals surface area contributed by atoms with E-state index in [1.165, 1.54) is 11.3 Å². The summed E-state index contributed by atoms with van der Waals surface area (Å²) in [6, 6.07) is 3.25. The topological polar surface area (TPSA) is 40.5 Å². The zero-order valence-electron chi connectivity index (χ0n) is 6.94. The van der Waals surface area contributed by atoms with E-state index in [1.807, 2.05) is 5.38 Å². The maximum absolute atomic E-state index is 9.12. The molecule has 0 aliphatic carbocycles. The van der Waals surface area contributed by atoms with Crippen LogP contribution in [0.2, 0.25) is 5.02 Å². The highest BCUT2D eigenvalue weighted by Gasteiger charge is 2.18. The van der Waals surface area contributed by atoms with Gasteiger partial charge in [-0.2, -0.15) is 0 Å². The summed E-state index contributed by atoms with van der Waals surface area (Å²) in [6.45, 7) is 0. The molecular formula is C8H6BClO2S2. The number of fused-ring (bicyclic) bond motifs is 1. The second-order valence-corrected chi connectivity index (χ2v) is 4.60. The molecule has 0 saturated heterocycles. The highest BCUT2D eigenvalue weighted by atomic mass is 35.5. The van der Waals surface area contributed by atoms with E-state index >= 15 is 0 Å². The third-order valence-electron chi connectivity index (χ3n) is 1.96. The van der Waals surface area contributed by atoms with Gasteiger partial charge in [-0.15, -0.1) is 24.0 Å². The van der Waals surface area contributed by atoms with Gasteiger partial charge in [0.2, 0.25) is 0 Å². The van der Waals surface area contributed by atoms with Crippen molar-refractivity contribution in [2.75, 3.05) is 0 Å². The van der Waals surface area contributed by atoms with Crippen molar-refractivity contribution in [3.8, 4) is 0 Å². The normalized spacial score (nSPS) is 10.9. The number of benzene rings is 1. The van der Waals surface area contributed by atoms with Crippen LogP contribution in [0.15, 0.2) is 22.4 Å². The van der Waals surface area contributed by atoms with Crippen molar-refractivity contribution in [2.45, 2.75) is 4.90 Å².